The molecular formula is C49H33N5. The highest BCUT2D eigenvalue weighted by molar-refractivity contribution is 5.77. The molecule has 5 nitrogen and oxygen atoms in total. The molecule has 0 fully saturated rings. The highest BCUT2D eigenvalue weighted by Gasteiger charge is 2.13. The van der Waals surface area contributed by atoms with Crippen molar-refractivity contribution < 1.29 is 0 Å². The zero-order chi connectivity index (χ0) is 36.1. The van der Waals surface area contributed by atoms with E-state index in [0.717, 1.165) is 84.2 Å². The number of pyridine rings is 3. The van der Waals surface area contributed by atoms with Crippen LogP contribution in [-0.4, -0.2) is 24.9 Å². The van der Waals surface area contributed by atoms with Crippen molar-refractivity contribution >= 4 is 0 Å². The molecule has 0 saturated heterocycles. The molecular weight excluding hydrogens is 659 g/mol. The molecule has 54 heavy (non-hydrogen) atoms. The zero-order valence-electron chi connectivity index (χ0n) is 29.3. The Morgan fingerprint density at radius 3 is 1.22 bits per heavy atom. The summed E-state index contributed by atoms with van der Waals surface area (Å²) in [6.07, 6.45) is 3.72. The Bertz CT molecular complexity index is 2340. The molecule has 0 aliphatic rings. The van der Waals surface area contributed by atoms with Gasteiger partial charge in [-0.15, -0.1) is 0 Å². The van der Waals surface area contributed by atoms with Gasteiger partial charge in [0.2, 0.25) is 0 Å². The van der Waals surface area contributed by atoms with E-state index in [1.54, 1.807) is 6.20 Å². The molecule has 0 atom stereocenters. The lowest BCUT2D eigenvalue weighted by Gasteiger charge is -2.11. The molecule has 254 valence electrons. The molecule has 4 heterocycles. The highest BCUT2D eigenvalue weighted by atomic mass is 14.9. The van der Waals surface area contributed by atoms with Crippen LogP contribution in [0.3, 0.4) is 0 Å². The van der Waals surface area contributed by atoms with Crippen molar-refractivity contribution in [2.45, 2.75) is 0 Å². The molecule has 0 saturated carbocycles. The Kier molecular flexibility index (Phi) is 8.86. The van der Waals surface area contributed by atoms with Crippen molar-refractivity contribution in [3.8, 4) is 90.1 Å². The molecule has 0 N–H and O–H groups in total. The third-order valence-corrected chi connectivity index (χ3v) is 9.45. The molecule has 0 aliphatic heterocycles. The van der Waals surface area contributed by atoms with Gasteiger partial charge in [0.25, 0.3) is 0 Å². The lowest BCUT2D eigenvalue weighted by Crippen LogP contribution is -1.95. The van der Waals surface area contributed by atoms with Gasteiger partial charge in [-0.25, -0.2) is 15.0 Å². The van der Waals surface area contributed by atoms with Gasteiger partial charge >= 0.3 is 0 Å². The predicted octanol–water partition coefficient (Wildman–Crippen LogP) is 12.0. The predicted molar refractivity (Wildman–Crippen MR) is 219 cm³/mol. The second-order valence-corrected chi connectivity index (χ2v) is 13.0. The van der Waals surface area contributed by atoms with Crippen LogP contribution in [0.2, 0.25) is 0 Å². The Morgan fingerprint density at radius 1 is 0.241 bits per heavy atom. The second kappa shape index (κ2) is 14.7. The lowest BCUT2D eigenvalue weighted by atomic mass is 9.99. The van der Waals surface area contributed by atoms with E-state index in [1.165, 1.54) is 0 Å². The van der Waals surface area contributed by atoms with Crippen molar-refractivity contribution in [2.24, 2.45) is 0 Å². The Morgan fingerprint density at radius 2 is 0.685 bits per heavy atom. The van der Waals surface area contributed by atoms with Crippen LogP contribution in [-0.2, 0) is 0 Å². The van der Waals surface area contributed by atoms with Crippen molar-refractivity contribution in [2.75, 3.05) is 0 Å². The first-order valence-electron chi connectivity index (χ1n) is 17.9. The average Bonchev–Trinajstić information content (AvgIpc) is 3.27. The molecule has 0 amide bonds. The quantitative estimate of drug-likeness (QED) is 0.159. The fraction of sp³-hybridized carbons (Fsp3) is 0. The summed E-state index contributed by atoms with van der Waals surface area (Å²) in [5, 5.41) is 0. The first-order chi connectivity index (χ1) is 26.7. The number of benzene rings is 5. The van der Waals surface area contributed by atoms with Crippen molar-refractivity contribution in [3.63, 3.8) is 0 Å². The lowest BCUT2D eigenvalue weighted by molar-refractivity contribution is 1.18. The fourth-order valence-corrected chi connectivity index (χ4v) is 6.58. The van der Waals surface area contributed by atoms with Crippen LogP contribution < -0.4 is 0 Å². The molecule has 0 aliphatic carbocycles. The Labute approximate surface area is 314 Å². The van der Waals surface area contributed by atoms with E-state index in [4.69, 9.17) is 19.9 Å². The van der Waals surface area contributed by atoms with Gasteiger partial charge in [0.15, 0.2) is 5.82 Å². The van der Waals surface area contributed by atoms with E-state index in [9.17, 15) is 0 Å². The summed E-state index contributed by atoms with van der Waals surface area (Å²) in [4.78, 5) is 24.3. The zero-order valence-corrected chi connectivity index (χ0v) is 29.3. The number of hydrogen-bond donors (Lipinski definition) is 0. The molecule has 5 heteroatoms. The van der Waals surface area contributed by atoms with Gasteiger partial charge in [-0.1, -0.05) is 152 Å². The number of rotatable bonds is 8. The third kappa shape index (κ3) is 6.94. The molecule has 0 radical (unpaired) electrons. The SMILES string of the molecule is c1ccc(-c2cc(-c3ccccn3)nc(-c3ccc(-c4ccc(-c5ccc(-c6cc(-c7ccccc7)nc(-c7ccccc7)n6)cc5)cc4)cn3)c2)cc1. The van der Waals surface area contributed by atoms with Crippen LogP contribution in [0.4, 0.5) is 0 Å². The van der Waals surface area contributed by atoms with E-state index < -0.39 is 0 Å². The summed E-state index contributed by atoms with van der Waals surface area (Å²) < 4.78 is 0. The largest absolute Gasteiger partial charge is 0.255 e. The van der Waals surface area contributed by atoms with Gasteiger partial charge in [-0.2, -0.15) is 0 Å². The normalized spacial score (nSPS) is 11.0. The van der Waals surface area contributed by atoms with Crippen molar-refractivity contribution in [1.29, 1.82) is 0 Å². The molecule has 0 spiro atoms. The van der Waals surface area contributed by atoms with E-state index >= 15 is 0 Å². The first-order valence-corrected chi connectivity index (χ1v) is 17.9. The molecule has 0 bridgehead atoms. The van der Waals surface area contributed by atoms with E-state index in [1.807, 2.05) is 97.2 Å². The highest BCUT2D eigenvalue weighted by Crippen LogP contribution is 2.32. The molecule has 5 aromatic carbocycles. The number of aromatic nitrogens is 5. The monoisotopic (exact) mass is 691 g/mol. The van der Waals surface area contributed by atoms with Crippen LogP contribution in [0.5, 0.6) is 0 Å². The molecule has 9 aromatic rings. The minimum absolute atomic E-state index is 0.709. The smallest absolute Gasteiger partial charge is 0.160 e. The van der Waals surface area contributed by atoms with E-state index in [-0.39, 0.29) is 0 Å². The number of hydrogen-bond acceptors (Lipinski definition) is 5. The van der Waals surface area contributed by atoms with Gasteiger partial charge in [0.1, 0.15) is 0 Å². The molecule has 9 rings (SSSR count). The Balaban J connectivity index is 0.968. The van der Waals surface area contributed by atoms with Gasteiger partial charge < -0.3 is 0 Å². The maximum absolute atomic E-state index is 4.98. The maximum atomic E-state index is 4.98. The van der Waals surface area contributed by atoms with Crippen molar-refractivity contribution in [3.05, 3.63) is 200 Å². The second-order valence-electron chi connectivity index (χ2n) is 13.0. The van der Waals surface area contributed by atoms with Crippen LogP contribution in [0, 0.1) is 0 Å². The average molecular weight is 692 g/mol. The van der Waals surface area contributed by atoms with Gasteiger partial charge in [-0.3, -0.25) is 9.97 Å². The minimum atomic E-state index is 0.709. The van der Waals surface area contributed by atoms with E-state index in [0.29, 0.717) is 5.82 Å². The van der Waals surface area contributed by atoms with Crippen LogP contribution >= 0.6 is 0 Å². The fourth-order valence-electron chi connectivity index (χ4n) is 6.58. The van der Waals surface area contributed by atoms with Crippen LogP contribution in [0.1, 0.15) is 0 Å². The minimum Gasteiger partial charge on any atom is -0.255 e. The standard InChI is InChI=1S/C49H33N5/c1-4-12-34(13-5-1)42-30-47(43-18-10-11-29-50-43)52-48(31-42)44-28-27-41(33-51-44)37-21-19-35(20-22-37)36-23-25-39(26-24-36)46-32-45(38-14-6-2-7-15-38)53-49(54-46)40-16-8-3-9-17-40/h1-33H. The summed E-state index contributed by atoms with van der Waals surface area (Å²) in [7, 11) is 0. The van der Waals surface area contributed by atoms with Crippen molar-refractivity contribution in [1.82, 2.24) is 24.9 Å². The summed E-state index contributed by atoms with van der Waals surface area (Å²) >= 11 is 0. The van der Waals surface area contributed by atoms with Gasteiger partial charge in [0, 0.05) is 34.6 Å². The van der Waals surface area contributed by atoms with E-state index in [2.05, 4.69) is 102 Å². The third-order valence-electron chi connectivity index (χ3n) is 9.45. The summed E-state index contributed by atoms with van der Waals surface area (Å²) in [6, 6.07) is 64.2. The molecule has 4 aromatic heterocycles. The van der Waals surface area contributed by atoms with Crippen LogP contribution in [0.15, 0.2) is 200 Å². The topological polar surface area (TPSA) is 64.5 Å². The van der Waals surface area contributed by atoms with Gasteiger partial charge in [-0.05, 0) is 64.2 Å². The Hall–Kier alpha value is -7.37. The summed E-state index contributed by atoms with van der Waals surface area (Å²) in [6.45, 7) is 0. The first kappa shape index (κ1) is 32.5. The number of nitrogens with zero attached hydrogens (tertiary/aromatic N) is 5. The van der Waals surface area contributed by atoms with Gasteiger partial charge in [0.05, 0.1) is 34.2 Å². The molecule has 0 unspecified atom stereocenters. The maximum Gasteiger partial charge on any atom is 0.160 e. The summed E-state index contributed by atoms with van der Waals surface area (Å²) in [5.41, 5.74) is 14.7. The van der Waals surface area contributed by atoms with Crippen LogP contribution in [0.25, 0.3) is 90.1 Å². The summed E-state index contributed by atoms with van der Waals surface area (Å²) in [5.74, 6) is 0.709.